The Kier molecular flexibility index (Phi) is 7.94. The van der Waals surface area contributed by atoms with E-state index in [1.807, 2.05) is 18.2 Å². The number of nitrogens with one attached hydrogen (secondary N) is 1. The fraction of sp³-hybridized carbons (Fsp3) is 0.550. The molecule has 6 heteroatoms. The summed E-state index contributed by atoms with van der Waals surface area (Å²) in [5.41, 5.74) is 0.883. The minimum absolute atomic E-state index is 0.0940. The van der Waals surface area contributed by atoms with E-state index in [4.69, 9.17) is 14.2 Å². The number of hydrogen-bond acceptors (Lipinski definition) is 5. The summed E-state index contributed by atoms with van der Waals surface area (Å²) < 4.78 is 16.2. The van der Waals surface area contributed by atoms with Crippen LogP contribution in [0.25, 0.3) is 6.08 Å². The van der Waals surface area contributed by atoms with Crippen LogP contribution in [0.5, 0.6) is 11.5 Å². The lowest BCUT2D eigenvalue weighted by molar-refractivity contribution is -0.116. The molecular weight excluding hydrogens is 332 g/mol. The Bertz CT molecular complexity index is 608. The highest BCUT2D eigenvalue weighted by molar-refractivity contribution is 5.91. The molecule has 1 amide bonds. The van der Waals surface area contributed by atoms with E-state index >= 15 is 0 Å². The van der Waals surface area contributed by atoms with Gasteiger partial charge < -0.3 is 19.5 Å². The number of hydrogen-bond donors (Lipinski definition) is 1. The summed E-state index contributed by atoms with van der Waals surface area (Å²) in [6, 6.07) is 5.54. The number of carbonyl (C=O) groups excluding carboxylic acids is 1. The lowest BCUT2D eigenvalue weighted by Crippen LogP contribution is -2.46. The Morgan fingerprint density at radius 2 is 1.92 bits per heavy atom. The summed E-state index contributed by atoms with van der Waals surface area (Å²) >= 11 is 0. The number of carbonyl (C=O) groups is 1. The zero-order valence-electron chi connectivity index (χ0n) is 16.2. The molecule has 1 aromatic rings. The molecule has 1 saturated heterocycles. The van der Waals surface area contributed by atoms with Crippen molar-refractivity contribution in [1.82, 2.24) is 10.2 Å². The van der Waals surface area contributed by atoms with Crippen molar-refractivity contribution in [2.75, 3.05) is 40.4 Å². The van der Waals surface area contributed by atoms with Gasteiger partial charge in [0.05, 0.1) is 26.4 Å². The van der Waals surface area contributed by atoms with Gasteiger partial charge in [0.1, 0.15) is 0 Å². The second-order valence-electron chi connectivity index (χ2n) is 6.61. The molecule has 2 unspecified atom stereocenters. The van der Waals surface area contributed by atoms with Crippen molar-refractivity contribution in [3.8, 4) is 11.5 Å². The lowest BCUT2D eigenvalue weighted by Gasteiger charge is -2.35. The molecule has 0 aliphatic carbocycles. The maximum absolute atomic E-state index is 12.0. The topological polar surface area (TPSA) is 60.0 Å². The minimum Gasteiger partial charge on any atom is -0.493 e. The van der Waals surface area contributed by atoms with Crippen molar-refractivity contribution in [2.24, 2.45) is 0 Å². The summed E-state index contributed by atoms with van der Waals surface area (Å²) in [4.78, 5) is 14.4. The van der Waals surface area contributed by atoms with Crippen LogP contribution in [0.2, 0.25) is 0 Å². The van der Waals surface area contributed by atoms with Crippen molar-refractivity contribution in [3.63, 3.8) is 0 Å². The number of ether oxygens (including phenoxy) is 3. The molecule has 144 valence electrons. The molecule has 0 saturated carbocycles. The van der Waals surface area contributed by atoms with E-state index in [-0.39, 0.29) is 18.1 Å². The number of nitrogens with zero attached hydrogens (tertiary/aromatic N) is 1. The van der Waals surface area contributed by atoms with Crippen LogP contribution in [0.4, 0.5) is 0 Å². The van der Waals surface area contributed by atoms with E-state index in [1.54, 1.807) is 26.4 Å². The normalized spacial score (nSPS) is 20.9. The summed E-state index contributed by atoms with van der Waals surface area (Å²) in [5.74, 6) is 1.22. The first-order chi connectivity index (χ1) is 12.5. The Morgan fingerprint density at radius 1 is 1.23 bits per heavy atom. The van der Waals surface area contributed by atoms with Gasteiger partial charge in [0.25, 0.3) is 0 Å². The highest BCUT2D eigenvalue weighted by atomic mass is 16.5. The molecule has 26 heavy (non-hydrogen) atoms. The van der Waals surface area contributed by atoms with E-state index in [0.29, 0.717) is 18.0 Å². The zero-order chi connectivity index (χ0) is 18.9. The average Bonchev–Trinajstić information content (AvgIpc) is 2.62. The van der Waals surface area contributed by atoms with Crippen LogP contribution in [0.1, 0.15) is 25.8 Å². The van der Waals surface area contributed by atoms with Crippen LogP contribution in [0, 0.1) is 0 Å². The van der Waals surface area contributed by atoms with Crippen LogP contribution in [-0.2, 0) is 9.53 Å². The monoisotopic (exact) mass is 362 g/mol. The molecule has 0 aromatic heterocycles. The van der Waals surface area contributed by atoms with Crippen molar-refractivity contribution < 1.29 is 19.0 Å². The van der Waals surface area contributed by atoms with Crippen LogP contribution in [0.3, 0.4) is 0 Å². The smallest absolute Gasteiger partial charge is 0.243 e. The second-order valence-corrected chi connectivity index (χ2v) is 6.61. The average molecular weight is 362 g/mol. The molecule has 1 heterocycles. The predicted molar refractivity (Wildman–Crippen MR) is 103 cm³/mol. The predicted octanol–water partition coefficient (Wildman–Crippen LogP) is 2.33. The minimum atomic E-state index is -0.0940. The summed E-state index contributed by atoms with van der Waals surface area (Å²) in [6.07, 6.45) is 4.79. The molecule has 0 bridgehead atoms. The molecule has 2 atom stereocenters. The Morgan fingerprint density at radius 3 is 2.58 bits per heavy atom. The molecule has 1 fully saturated rings. The van der Waals surface area contributed by atoms with Crippen LogP contribution in [0.15, 0.2) is 24.3 Å². The van der Waals surface area contributed by atoms with E-state index in [9.17, 15) is 4.79 Å². The number of benzene rings is 1. The van der Waals surface area contributed by atoms with Crippen molar-refractivity contribution in [3.05, 3.63) is 29.8 Å². The Hall–Kier alpha value is -2.05. The molecule has 1 aliphatic heterocycles. The Balaban J connectivity index is 1.72. The highest BCUT2D eigenvalue weighted by Gasteiger charge is 2.21. The van der Waals surface area contributed by atoms with E-state index in [1.165, 1.54) is 0 Å². The van der Waals surface area contributed by atoms with Crippen molar-refractivity contribution in [1.29, 1.82) is 0 Å². The third-order valence-electron chi connectivity index (χ3n) is 4.28. The SMILES string of the molecule is COc1ccc(/C=C/C(=O)NCCCN2CC(C)OC(C)C2)cc1OC. The first-order valence-corrected chi connectivity index (χ1v) is 9.07. The van der Waals surface area contributed by atoms with Gasteiger partial charge in [0, 0.05) is 32.3 Å². The van der Waals surface area contributed by atoms with Gasteiger partial charge in [-0.15, -0.1) is 0 Å². The molecular formula is C20H30N2O4. The largest absolute Gasteiger partial charge is 0.493 e. The number of methoxy groups -OCH3 is 2. The maximum atomic E-state index is 12.0. The zero-order valence-corrected chi connectivity index (χ0v) is 16.2. The molecule has 6 nitrogen and oxygen atoms in total. The standard InChI is InChI=1S/C20H30N2O4/c1-15-13-22(14-16(2)26-15)11-5-10-21-20(23)9-7-17-6-8-18(24-3)19(12-17)25-4/h6-9,12,15-16H,5,10-11,13-14H2,1-4H3,(H,21,23)/b9-7+. The molecule has 1 aliphatic rings. The van der Waals surface area contributed by atoms with Gasteiger partial charge in [-0.25, -0.2) is 0 Å². The molecule has 2 rings (SSSR count). The molecule has 0 radical (unpaired) electrons. The fourth-order valence-corrected chi connectivity index (χ4v) is 3.17. The summed E-state index contributed by atoms with van der Waals surface area (Å²) in [7, 11) is 3.19. The number of rotatable bonds is 8. The van der Waals surface area contributed by atoms with E-state index < -0.39 is 0 Å². The second kappa shape index (κ2) is 10.2. The highest BCUT2D eigenvalue weighted by Crippen LogP contribution is 2.27. The van der Waals surface area contributed by atoms with E-state index in [2.05, 4.69) is 24.1 Å². The van der Waals surface area contributed by atoms with E-state index in [0.717, 1.165) is 31.6 Å². The van der Waals surface area contributed by atoms with Gasteiger partial charge in [0.2, 0.25) is 5.91 Å². The van der Waals surface area contributed by atoms with Gasteiger partial charge in [-0.05, 0) is 44.0 Å². The first kappa shape index (κ1) is 20.3. The molecule has 1 aromatic carbocycles. The van der Waals surface area contributed by atoms with Crippen molar-refractivity contribution >= 4 is 12.0 Å². The Labute approximate surface area is 156 Å². The fourth-order valence-electron chi connectivity index (χ4n) is 3.17. The third-order valence-corrected chi connectivity index (χ3v) is 4.28. The third kappa shape index (κ3) is 6.35. The van der Waals surface area contributed by atoms with Gasteiger partial charge in [-0.1, -0.05) is 6.07 Å². The molecule has 1 N–H and O–H groups in total. The van der Waals surface area contributed by atoms with Crippen LogP contribution >= 0.6 is 0 Å². The van der Waals surface area contributed by atoms with Crippen LogP contribution < -0.4 is 14.8 Å². The summed E-state index contributed by atoms with van der Waals surface area (Å²) in [6.45, 7) is 7.74. The van der Waals surface area contributed by atoms with Crippen molar-refractivity contribution in [2.45, 2.75) is 32.5 Å². The number of morpholine rings is 1. The number of amides is 1. The van der Waals surface area contributed by atoms with Gasteiger partial charge in [0.15, 0.2) is 11.5 Å². The van der Waals surface area contributed by atoms with Crippen LogP contribution in [-0.4, -0.2) is 63.4 Å². The molecule has 0 spiro atoms. The maximum Gasteiger partial charge on any atom is 0.243 e. The van der Waals surface area contributed by atoms with Gasteiger partial charge in [-0.2, -0.15) is 0 Å². The van der Waals surface area contributed by atoms with Gasteiger partial charge >= 0.3 is 0 Å². The first-order valence-electron chi connectivity index (χ1n) is 9.07. The lowest BCUT2D eigenvalue weighted by atomic mass is 10.2. The quantitative estimate of drug-likeness (QED) is 0.568. The summed E-state index contributed by atoms with van der Waals surface area (Å²) in [5, 5.41) is 2.93. The van der Waals surface area contributed by atoms with Gasteiger partial charge in [-0.3, -0.25) is 9.69 Å².